The predicted molar refractivity (Wildman–Crippen MR) is 235 cm³/mol. The van der Waals surface area contributed by atoms with Gasteiger partial charge in [0, 0.05) is 68.0 Å². The molecule has 4 aliphatic heterocycles. The topological polar surface area (TPSA) is 172 Å². The van der Waals surface area contributed by atoms with Crippen LogP contribution in [0.1, 0.15) is 95.4 Å². The molecular formula is C46H62N8O6S. The second-order valence-corrected chi connectivity index (χ2v) is 20.7. The third-order valence-corrected chi connectivity index (χ3v) is 14.7. The van der Waals surface area contributed by atoms with Crippen molar-refractivity contribution in [2.24, 2.45) is 16.2 Å². The number of benzene rings is 1. The minimum absolute atomic E-state index is 0.0644. The molecule has 1 saturated carbocycles. The highest BCUT2D eigenvalue weighted by molar-refractivity contribution is 7.13. The normalized spacial score (nSPS) is 26.8. The van der Waals surface area contributed by atoms with Crippen molar-refractivity contribution in [3.63, 3.8) is 0 Å². The molecule has 1 aliphatic carbocycles. The van der Waals surface area contributed by atoms with Crippen LogP contribution in [0.25, 0.3) is 10.4 Å². The van der Waals surface area contributed by atoms with E-state index >= 15 is 0 Å². The molecule has 61 heavy (non-hydrogen) atoms. The van der Waals surface area contributed by atoms with Gasteiger partial charge in [-0.2, -0.15) is 0 Å². The largest absolute Gasteiger partial charge is 0.391 e. The number of anilines is 1. The maximum Gasteiger partial charge on any atom is 0.253 e. The molecule has 3 amide bonds. The van der Waals surface area contributed by atoms with E-state index in [0.717, 1.165) is 60.0 Å². The summed E-state index contributed by atoms with van der Waals surface area (Å²) in [5, 5.41) is 30.0. The van der Waals surface area contributed by atoms with Crippen molar-refractivity contribution in [2.45, 2.75) is 117 Å². The first-order valence-corrected chi connectivity index (χ1v) is 22.6. The van der Waals surface area contributed by atoms with E-state index in [-0.39, 0.29) is 60.2 Å². The summed E-state index contributed by atoms with van der Waals surface area (Å²) in [7, 11) is 0. The third kappa shape index (κ3) is 8.68. The molecule has 14 nitrogen and oxygen atoms in total. The lowest BCUT2D eigenvalue weighted by Gasteiger charge is -2.57. The zero-order valence-corrected chi connectivity index (χ0v) is 37.3. The summed E-state index contributed by atoms with van der Waals surface area (Å²) in [5.74, 6) is 0.323. The molecule has 4 fully saturated rings. The van der Waals surface area contributed by atoms with Gasteiger partial charge in [-0.25, -0.2) is 9.97 Å². The lowest BCUT2D eigenvalue weighted by Crippen LogP contribution is -2.63. The van der Waals surface area contributed by atoms with Crippen LogP contribution in [-0.2, 0) is 20.9 Å². The number of thiazole rings is 1. The number of ether oxygens (including phenoxy) is 1. The van der Waals surface area contributed by atoms with E-state index in [9.17, 15) is 24.6 Å². The van der Waals surface area contributed by atoms with Gasteiger partial charge in [-0.3, -0.25) is 19.3 Å². The van der Waals surface area contributed by atoms with E-state index in [0.29, 0.717) is 36.6 Å². The molecule has 6 heterocycles. The number of aromatic nitrogens is 2. The molecule has 6 atom stereocenters. The standard InChI is InChI=1S/C46H62N8O6S/c1-27(28-8-10-29(11-9-28)38-35(23-55)48-26-61-38)49-41(58)36-17-34(56)22-54(36)42(59)39-44(2,3)18-31(50-39)24-60-15-14-52-20-33-16-32(52)21-53(33)37-13-12-30(19-47-37)40(57)51-43-45(4,5)25-46(43,6)7/h8-13,18-19,26-27,32-34,36,39,43,50,55-56H,14-17,20-25H2,1-7H3,(H,49,58)(H,51,57)/t27-,32-,33-,34+,36?,39?/m0/s1. The fourth-order valence-corrected chi connectivity index (χ4v) is 11.9. The minimum atomic E-state index is -0.796. The number of piperazine rings is 1. The van der Waals surface area contributed by atoms with Gasteiger partial charge in [0.25, 0.3) is 5.91 Å². The van der Waals surface area contributed by atoms with Crippen LogP contribution in [0.4, 0.5) is 5.82 Å². The molecule has 8 rings (SSSR count). The molecule has 1 aromatic carbocycles. The number of carbonyl (C=O) groups excluding carboxylic acids is 3. The van der Waals surface area contributed by atoms with Gasteiger partial charge in [0.15, 0.2) is 0 Å². The SMILES string of the molecule is C[C@H](NC(=O)C1C[C@@H](O)CN1C(=O)C1NC(COCCN2C[C@@H]3C[C@H]2CN3c2ccc(C(=O)NC3C(C)(C)CC3(C)C)cn2)=CC1(C)C)c1ccc(-c2scnc2CO)cc1. The highest BCUT2D eigenvalue weighted by Gasteiger charge is 2.53. The van der Waals surface area contributed by atoms with Crippen LogP contribution in [0.2, 0.25) is 0 Å². The van der Waals surface area contributed by atoms with Gasteiger partial charge in [0.05, 0.1) is 53.6 Å². The molecule has 2 unspecified atom stereocenters. The van der Waals surface area contributed by atoms with Crippen LogP contribution >= 0.6 is 11.3 Å². The highest BCUT2D eigenvalue weighted by Crippen LogP contribution is 2.53. The number of aliphatic hydroxyl groups excluding tert-OH is 2. The van der Waals surface area contributed by atoms with Crippen LogP contribution in [0.3, 0.4) is 0 Å². The van der Waals surface area contributed by atoms with Gasteiger partial charge in [-0.15, -0.1) is 11.3 Å². The molecule has 5 N–H and O–H groups in total. The summed E-state index contributed by atoms with van der Waals surface area (Å²) in [6.07, 6.45) is 5.28. The van der Waals surface area contributed by atoms with E-state index in [1.165, 1.54) is 16.2 Å². The molecule has 3 aromatic rings. The Kier molecular flexibility index (Phi) is 11.8. The summed E-state index contributed by atoms with van der Waals surface area (Å²) >= 11 is 1.47. The molecule has 0 spiro atoms. The number of likely N-dealkylation sites (tertiary alicyclic amines) is 2. The molecule has 328 valence electrons. The predicted octanol–water partition coefficient (Wildman–Crippen LogP) is 4.25. The first-order valence-electron chi connectivity index (χ1n) is 21.7. The first-order chi connectivity index (χ1) is 28.9. The Labute approximate surface area is 363 Å². The van der Waals surface area contributed by atoms with Gasteiger partial charge >= 0.3 is 0 Å². The van der Waals surface area contributed by atoms with E-state index in [4.69, 9.17) is 9.72 Å². The van der Waals surface area contributed by atoms with Crippen molar-refractivity contribution in [1.82, 2.24) is 35.7 Å². The number of carbonyl (C=O) groups is 3. The fourth-order valence-electron chi connectivity index (χ4n) is 11.1. The van der Waals surface area contributed by atoms with Crippen molar-refractivity contribution >= 4 is 34.9 Å². The fraction of sp³-hybridized carbons (Fsp3) is 0.587. The number of nitrogens with one attached hydrogen (secondary N) is 3. The number of rotatable bonds is 14. The highest BCUT2D eigenvalue weighted by atomic mass is 32.1. The summed E-state index contributed by atoms with van der Waals surface area (Å²) in [6.45, 7) is 18.2. The van der Waals surface area contributed by atoms with Gasteiger partial charge < -0.3 is 40.7 Å². The Morgan fingerprint density at radius 2 is 1.74 bits per heavy atom. The number of aliphatic hydroxyl groups is 2. The van der Waals surface area contributed by atoms with Crippen molar-refractivity contribution in [1.29, 1.82) is 0 Å². The van der Waals surface area contributed by atoms with Crippen LogP contribution in [0.5, 0.6) is 0 Å². The van der Waals surface area contributed by atoms with E-state index in [1.807, 2.05) is 63.2 Å². The van der Waals surface area contributed by atoms with Crippen LogP contribution in [0, 0.1) is 16.2 Å². The zero-order valence-electron chi connectivity index (χ0n) is 36.5. The van der Waals surface area contributed by atoms with E-state index < -0.39 is 23.6 Å². The Hall–Kier alpha value is -4.41. The number of hydrogen-bond acceptors (Lipinski definition) is 12. The summed E-state index contributed by atoms with van der Waals surface area (Å²) in [5.41, 5.74) is 5.25. The molecule has 0 radical (unpaired) electrons. The maximum absolute atomic E-state index is 14.1. The van der Waals surface area contributed by atoms with Gasteiger partial charge in [0.1, 0.15) is 17.9 Å². The number of β-amino-alcohol motifs (C(OH)–C–C–N with tert-alkyl or cyclic N) is 1. The second-order valence-electron chi connectivity index (χ2n) is 19.8. The van der Waals surface area contributed by atoms with Crippen molar-refractivity contribution in [3.8, 4) is 10.4 Å². The van der Waals surface area contributed by atoms with Gasteiger partial charge in [-0.1, -0.05) is 71.9 Å². The average molecular weight is 855 g/mol. The molecular weight excluding hydrogens is 793 g/mol. The number of nitrogens with zero attached hydrogens (tertiary/aromatic N) is 5. The Morgan fingerprint density at radius 1 is 0.984 bits per heavy atom. The molecule has 2 bridgehead atoms. The molecule has 2 aromatic heterocycles. The van der Waals surface area contributed by atoms with Crippen molar-refractivity contribution in [2.75, 3.05) is 44.3 Å². The van der Waals surface area contributed by atoms with Crippen LogP contribution < -0.4 is 20.9 Å². The van der Waals surface area contributed by atoms with E-state index in [1.54, 1.807) is 11.7 Å². The molecule has 3 saturated heterocycles. The number of amides is 3. The Bertz CT molecular complexity index is 2120. The summed E-state index contributed by atoms with van der Waals surface area (Å²) in [6, 6.07) is 10.8. The number of pyridine rings is 1. The second kappa shape index (κ2) is 16.7. The molecule has 5 aliphatic rings. The minimum Gasteiger partial charge on any atom is -0.391 e. The zero-order chi connectivity index (χ0) is 43.4. The Balaban J connectivity index is 0.781. The van der Waals surface area contributed by atoms with Crippen LogP contribution in [-0.4, -0.2) is 123 Å². The quantitative estimate of drug-likeness (QED) is 0.147. The van der Waals surface area contributed by atoms with Crippen molar-refractivity contribution < 1.29 is 29.3 Å². The lowest BCUT2D eigenvalue weighted by atomic mass is 9.52. The Morgan fingerprint density at radius 3 is 2.39 bits per heavy atom. The van der Waals surface area contributed by atoms with Gasteiger partial charge in [0.2, 0.25) is 11.8 Å². The van der Waals surface area contributed by atoms with E-state index in [2.05, 4.69) is 58.4 Å². The average Bonchev–Trinajstić information content (AvgIpc) is 4.07. The maximum atomic E-state index is 14.1. The van der Waals surface area contributed by atoms with Crippen molar-refractivity contribution in [3.05, 3.63) is 76.7 Å². The first kappa shape index (κ1) is 43.2. The molecule has 15 heteroatoms. The van der Waals surface area contributed by atoms with Crippen LogP contribution in [0.15, 0.2) is 59.9 Å². The summed E-state index contributed by atoms with van der Waals surface area (Å²) in [4.78, 5) is 57.1. The monoisotopic (exact) mass is 854 g/mol. The number of fused-ring (bicyclic) bond motifs is 2. The van der Waals surface area contributed by atoms with Gasteiger partial charge in [-0.05, 0) is 53.9 Å². The summed E-state index contributed by atoms with van der Waals surface area (Å²) < 4.78 is 6.17. The number of hydrogen-bond donors (Lipinski definition) is 5. The third-order valence-electron chi connectivity index (χ3n) is 13.7. The lowest BCUT2D eigenvalue weighted by molar-refractivity contribution is -0.141. The smallest absolute Gasteiger partial charge is 0.253 e.